The number of morpholine rings is 1. The molecule has 0 aromatic heterocycles. The zero-order valence-corrected chi connectivity index (χ0v) is 17.6. The second-order valence-electron chi connectivity index (χ2n) is 6.32. The van der Waals surface area contributed by atoms with E-state index in [4.69, 9.17) is 27.9 Å². The average Bonchev–Trinajstić information content (AvgIpc) is 2.65. The lowest BCUT2D eigenvalue weighted by Crippen LogP contribution is -2.47. The molecule has 1 aliphatic heterocycles. The van der Waals surface area contributed by atoms with Gasteiger partial charge in [-0.3, -0.25) is 4.90 Å². The Morgan fingerprint density at radius 1 is 1.19 bits per heavy atom. The number of nitrogens with one attached hydrogen (secondary N) is 2. The number of hydrogen-bond donors (Lipinski definition) is 2. The van der Waals surface area contributed by atoms with Gasteiger partial charge in [0.05, 0.1) is 22.8 Å². The summed E-state index contributed by atoms with van der Waals surface area (Å²) in [7, 11) is 0. The van der Waals surface area contributed by atoms with Crippen LogP contribution >= 0.6 is 39.1 Å². The Morgan fingerprint density at radius 3 is 2.70 bits per heavy atom. The largest absolute Gasteiger partial charge is 0.374 e. The van der Waals surface area contributed by atoms with E-state index >= 15 is 0 Å². The van der Waals surface area contributed by atoms with E-state index in [0.29, 0.717) is 23.2 Å². The van der Waals surface area contributed by atoms with Crippen molar-refractivity contribution >= 4 is 50.9 Å². The highest BCUT2D eigenvalue weighted by Crippen LogP contribution is 2.23. The van der Waals surface area contributed by atoms with Gasteiger partial charge in [-0.05, 0) is 42.0 Å². The number of rotatable bonds is 5. The second-order valence-corrected chi connectivity index (χ2v) is 8.05. The Kier molecular flexibility index (Phi) is 7.38. The summed E-state index contributed by atoms with van der Waals surface area (Å²) in [5, 5.41) is 6.79. The predicted octanol–water partition coefficient (Wildman–Crippen LogP) is 4.78. The van der Waals surface area contributed by atoms with Crippen molar-refractivity contribution in [3.8, 4) is 0 Å². The Labute approximate surface area is 177 Å². The van der Waals surface area contributed by atoms with Gasteiger partial charge < -0.3 is 15.4 Å². The molecule has 0 aliphatic carbocycles. The summed E-state index contributed by atoms with van der Waals surface area (Å²) in [6.45, 7) is 3.41. The molecule has 3 rings (SSSR count). The molecule has 0 bridgehead atoms. The van der Waals surface area contributed by atoms with Crippen LogP contribution in [0, 0.1) is 0 Å². The first-order chi connectivity index (χ1) is 13.0. The molecule has 1 heterocycles. The zero-order valence-electron chi connectivity index (χ0n) is 14.6. The quantitative estimate of drug-likeness (QED) is 0.658. The second kappa shape index (κ2) is 9.75. The van der Waals surface area contributed by atoms with Gasteiger partial charge in [0.25, 0.3) is 0 Å². The van der Waals surface area contributed by atoms with Gasteiger partial charge >= 0.3 is 6.03 Å². The summed E-state index contributed by atoms with van der Waals surface area (Å²) in [4.78, 5) is 14.3. The van der Waals surface area contributed by atoms with E-state index < -0.39 is 0 Å². The fourth-order valence-corrected chi connectivity index (χ4v) is 3.44. The first kappa shape index (κ1) is 20.4. The predicted molar refractivity (Wildman–Crippen MR) is 113 cm³/mol. The molecule has 2 N–H and O–H groups in total. The summed E-state index contributed by atoms with van der Waals surface area (Å²) >= 11 is 15.4. The molecule has 1 saturated heterocycles. The van der Waals surface area contributed by atoms with Crippen LogP contribution in [0.25, 0.3) is 0 Å². The monoisotopic (exact) mass is 471 g/mol. The van der Waals surface area contributed by atoms with E-state index in [-0.39, 0.29) is 12.1 Å². The van der Waals surface area contributed by atoms with Crippen molar-refractivity contribution in [3.05, 3.63) is 62.5 Å². The van der Waals surface area contributed by atoms with Crippen molar-refractivity contribution in [2.45, 2.75) is 12.6 Å². The number of amides is 2. The number of carbonyl (C=O) groups is 1. The number of halogens is 3. The first-order valence-corrected chi connectivity index (χ1v) is 10.1. The smallest absolute Gasteiger partial charge is 0.319 e. The van der Waals surface area contributed by atoms with E-state index in [0.717, 1.165) is 35.4 Å². The zero-order chi connectivity index (χ0) is 19.2. The molecule has 0 saturated carbocycles. The summed E-state index contributed by atoms with van der Waals surface area (Å²) in [5.41, 5.74) is 1.84. The number of nitrogens with zero attached hydrogens (tertiary/aromatic N) is 1. The minimum absolute atomic E-state index is 0.0582. The maximum Gasteiger partial charge on any atom is 0.319 e. The normalized spacial score (nSPS) is 17.5. The summed E-state index contributed by atoms with van der Waals surface area (Å²) in [6.07, 6.45) is -0.0582. The van der Waals surface area contributed by atoms with Crippen molar-refractivity contribution < 1.29 is 9.53 Å². The van der Waals surface area contributed by atoms with Crippen LogP contribution < -0.4 is 10.6 Å². The lowest BCUT2D eigenvalue weighted by Gasteiger charge is -2.33. The molecule has 27 heavy (non-hydrogen) atoms. The first-order valence-electron chi connectivity index (χ1n) is 8.58. The van der Waals surface area contributed by atoms with Gasteiger partial charge in [-0.25, -0.2) is 4.79 Å². The third-order valence-corrected chi connectivity index (χ3v) is 5.47. The van der Waals surface area contributed by atoms with Gasteiger partial charge in [-0.15, -0.1) is 0 Å². The summed E-state index contributed by atoms with van der Waals surface area (Å²) in [5.74, 6) is 0. The highest BCUT2D eigenvalue weighted by molar-refractivity contribution is 9.10. The standard InChI is InChI=1S/C19H20BrCl2N3O2/c20-14-2-4-15(5-3-14)24-19(26)23-10-16-12-25(7-8-27-16)11-13-1-6-17(21)18(22)9-13/h1-6,9,16H,7-8,10-12H2,(H2,23,24,26). The molecular weight excluding hydrogens is 453 g/mol. The maximum atomic E-state index is 12.1. The van der Waals surface area contributed by atoms with E-state index in [1.165, 1.54) is 0 Å². The Morgan fingerprint density at radius 2 is 1.96 bits per heavy atom. The van der Waals surface area contributed by atoms with Crippen LogP contribution in [0.2, 0.25) is 10.0 Å². The molecule has 1 aliphatic rings. The number of ether oxygens (including phenoxy) is 1. The minimum atomic E-state index is -0.248. The average molecular weight is 473 g/mol. The summed E-state index contributed by atoms with van der Waals surface area (Å²) in [6, 6.07) is 12.8. The van der Waals surface area contributed by atoms with Crippen molar-refractivity contribution in [1.82, 2.24) is 10.2 Å². The van der Waals surface area contributed by atoms with Crippen LogP contribution in [0.1, 0.15) is 5.56 Å². The molecule has 2 aromatic rings. The third-order valence-electron chi connectivity index (χ3n) is 4.21. The van der Waals surface area contributed by atoms with Crippen molar-refractivity contribution in [3.63, 3.8) is 0 Å². The van der Waals surface area contributed by atoms with Crippen LogP contribution in [0.4, 0.5) is 10.5 Å². The van der Waals surface area contributed by atoms with E-state index in [1.54, 1.807) is 0 Å². The molecule has 2 amide bonds. The molecule has 2 aromatic carbocycles. The molecular formula is C19H20BrCl2N3O2. The molecule has 1 fully saturated rings. The fourth-order valence-electron chi connectivity index (χ4n) is 2.86. The number of urea groups is 1. The van der Waals surface area contributed by atoms with E-state index in [1.807, 2.05) is 42.5 Å². The maximum absolute atomic E-state index is 12.1. The van der Waals surface area contributed by atoms with Crippen molar-refractivity contribution in [1.29, 1.82) is 0 Å². The number of anilines is 1. The van der Waals surface area contributed by atoms with E-state index in [9.17, 15) is 4.79 Å². The van der Waals surface area contributed by atoms with Gasteiger partial charge in [-0.2, -0.15) is 0 Å². The molecule has 1 atom stereocenters. The number of hydrogen-bond acceptors (Lipinski definition) is 3. The lowest BCUT2D eigenvalue weighted by atomic mass is 10.2. The van der Waals surface area contributed by atoms with Gasteiger partial charge in [0.2, 0.25) is 0 Å². The molecule has 5 nitrogen and oxygen atoms in total. The lowest BCUT2D eigenvalue weighted by molar-refractivity contribution is -0.0285. The van der Waals surface area contributed by atoms with Gasteiger partial charge in [-0.1, -0.05) is 45.2 Å². The topological polar surface area (TPSA) is 53.6 Å². The number of benzene rings is 2. The number of carbonyl (C=O) groups excluding carboxylic acids is 1. The van der Waals surface area contributed by atoms with Crippen LogP contribution in [-0.2, 0) is 11.3 Å². The van der Waals surface area contributed by atoms with Crippen LogP contribution in [0.5, 0.6) is 0 Å². The molecule has 8 heteroatoms. The van der Waals surface area contributed by atoms with Crippen molar-refractivity contribution in [2.75, 3.05) is 31.6 Å². The third kappa shape index (κ3) is 6.36. The Bertz CT molecular complexity index is 789. The van der Waals surface area contributed by atoms with E-state index in [2.05, 4.69) is 31.5 Å². The van der Waals surface area contributed by atoms with Crippen LogP contribution in [0.3, 0.4) is 0 Å². The fraction of sp³-hybridized carbons (Fsp3) is 0.316. The molecule has 0 radical (unpaired) electrons. The minimum Gasteiger partial charge on any atom is -0.374 e. The SMILES string of the molecule is O=C(NCC1CN(Cc2ccc(Cl)c(Cl)c2)CCO1)Nc1ccc(Br)cc1. The molecule has 1 unspecified atom stereocenters. The Balaban J connectivity index is 1.45. The highest BCUT2D eigenvalue weighted by Gasteiger charge is 2.21. The Hall–Kier alpha value is -1.31. The van der Waals surface area contributed by atoms with Crippen LogP contribution in [-0.4, -0.2) is 43.3 Å². The van der Waals surface area contributed by atoms with Gasteiger partial charge in [0.1, 0.15) is 0 Å². The highest BCUT2D eigenvalue weighted by atomic mass is 79.9. The van der Waals surface area contributed by atoms with Gasteiger partial charge in [0, 0.05) is 36.3 Å². The molecule has 0 spiro atoms. The van der Waals surface area contributed by atoms with Crippen LogP contribution in [0.15, 0.2) is 46.9 Å². The summed E-state index contributed by atoms with van der Waals surface area (Å²) < 4.78 is 6.73. The van der Waals surface area contributed by atoms with Gasteiger partial charge in [0.15, 0.2) is 0 Å². The van der Waals surface area contributed by atoms with Crippen molar-refractivity contribution in [2.24, 2.45) is 0 Å². The molecule has 144 valence electrons.